The highest BCUT2D eigenvalue weighted by atomic mass is 32.2. The lowest BCUT2D eigenvalue weighted by Crippen LogP contribution is -2.39. The van der Waals surface area contributed by atoms with Gasteiger partial charge in [0.25, 0.3) is 0 Å². The molecule has 1 atom stereocenters. The van der Waals surface area contributed by atoms with Crippen LogP contribution < -0.4 is 5.32 Å². The number of amides is 3. The van der Waals surface area contributed by atoms with Gasteiger partial charge in [-0.05, 0) is 32.4 Å². The molecule has 3 heterocycles. The molecular formula is C20H21N5O2S. The number of urea groups is 1. The van der Waals surface area contributed by atoms with Crippen molar-refractivity contribution in [2.45, 2.75) is 31.2 Å². The molecule has 7 nitrogen and oxygen atoms in total. The molecule has 8 heteroatoms. The van der Waals surface area contributed by atoms with E-state index in [9.17, 15) is 9.59 Å². The Labute approximate surface area is 167 Å². The van der Waals surface area contributed by atoms with Crippen molar-refractivity contribution < 1.29 is 9.59 Å². The Bertz CT molecular complexity index is 1060. The van der Waals surface area contributed by atoms with Crippen LogP contribution in [-0.2, 0) is 4.79 Å². The van der Waals surface area contributed by atoms with Crippen molar-refractivity contribution >= 4 is 29.2 Å². The summed E-state index contributed by atoms with van der Waals surface area (Å²) in [6, 6.07) is 11.6. The van der Waals surface area contributed by atoms with Crippen LogP contribution in [0.2, 0.25) is 0 Å². The monoisotopic (exact) mass is 395 g/mol. The molecule has 1 saturated heterocycles. The second-order valence-corrected chi connectivity index (χ2v) is 8.13. The molecule has 1 N–H and O–H groups in total. The largest absolute Gasteiger partial charge is 0.336 e. The van der Waals surface area contributed by atoms with E-state index in [1.807, 2.05) is 54.8 Å². The van der Waals surface area contributed by atoms with Gasteiger partial charge in [0.05, 0.1) is 22.2 Å². The minimum absolute atomic E-state index is 0.220. The highest BCUT2D eigenvalue weighted by molar-refractivity contribution is 8.00. The van der Waals surface area contributed by atoms with E-state index >= 15 is 0 Å². The van der Waals surface area contributed by atoms with Crippen LogP contribution in [0.25, 0.3) is 16.8 Å². The number of imide groups is 1. The van der Waals surface area contributed by atoms with Gasteiger partial charge in [-0.25, -0.2) is 14.3 Å². The Morgan fingerprint density at radius 2 is 2.00 bits per heavy atom. The summed E-state index contributed by atoms with van der Waals surface area (Å²) < 4.78 is 1.81. The summed E-state index contributed by atoms with van der Waals surface area (Å²) in [5.41, 5.74) is 4.72. The SMILES string of the molecule is Cc1cc(C)c2c(-c3ccccc3)nc(S[C@@H](C)C(=O)N3CCNC3=O)n2n1. The lowest BCUT2D eigenvalue weighted by atomic mass is 10.1. The number of nitrogens with one attached hydrogen (secondary N) is 1. The van der Waals surface area contributed by atoms with Crippen LogP contribution in [0, 0.1) is 13.8 Å². The van der Waals surface area contributed by atoms with Crippen LogP contribution in [0.5, 0.6) is 0 Å². The van der Waals surface area contributed by atoms with E-state index in [0.717, 1.165) is 28.0 Å². The highest BCUT2D eigenvalue weighted by Crippen LogP contribution is 2.32. The molecule has 1 aliphatic rings. The number of hydrogen-bond donors (Lipinski definition) is 1. The molecule has 4 rings (SSSR count). The van der Waals surface area contributed by atoms with E-state index < -0.39 is 5.25 Å². The van der Waals surface area contributed by atoms with Crippen LogP contribution >= 0.6 is 11.8 Å². The van der Waals surface area contributed by atoms with Crippen molar-refractivity contribution in [3.8, 4) is 11.3 Å². The average Bonchev–Trinajstić information content (AvgIpc) is 3.26. The Balaban J connectivity index is 1.75. The average molecular weight is 395 g/mol. The van der Waals surface area contributed by atoms with Gasteiger partial charge in [0, 0.05) is 18.7 Å². The van der Waals surface area contributed by atoms with Crippen molar-refractivity contribution in [3.63, 3.8) is 0 Å². The molecule has 28 heavy (non-hydrogen) atoms. The molecule has 1 fully saturated rings. The molecule has 2 aromatic heterocycles. The first-order valence-corrected chi connectivity index (χ1v) is 10.0. The highest BCUT2D eigenvalue weighted by Gasteiger charge is 2.31. The number of carbonyl (C=O) groups is 2. The molecule has 1 aromatic carbocycles. The number of aromatic nitrogens is 3. The van der Waals surface area contributed by atoms with Crippen LogP contribution in [-0.4, -0.2) is 49.8 Å². The summed E-state index contributed by atoms with van der Waals surface area (Å²) in [5.74, 6) is -0.220. The Hall–Kier alpha value is -2.87. The first-order chi connectivity index (χ1) is 13.5. The van der Waals surface area contributed by atoms with Crippen molar-refractivity contribution in [1.29, 1.82) is 0 Å². The Kier molecular flexibility index (Phi) is 4.80. The molecule has 0 radical (unpaired) electrons. The van der Waals surface area contributed by atoms with E-state index in [0.29, 0.717) is 18.2 Å². The maximum absolute atomic E-state index is 12.7. The lowest BCUT2D eigenvalue weighted by Gasteiger charge is -2.16. The molecule has 0 spiro atoms. The van der Waals surface area contributed by atoms with Gasteiger partial charge in [-0.2, -0.15) is 5.10 Å². The number of imidazole rings is 1. The summed E-state index contributed by atoms with van der Waals surface area (Å²) >= 11 is 1.32. The van der Waals surface area contributed by atoms with Crippen molar-refractivity contribution in [1.82, 2.24) is 24.8 Å². The van der Waals surface area contributed by atoms with Gasteiger partial charge in [0.2, 0.25) is 5.91 Å². The number of rotatable bonds is 4. The predicted octanol–water partition coefficient (Wildman–Crippen LogP) is 3.05. The second kappa shape index (κ2) is 7.27. The van der Waals surface area contributed by atoms with E-state index in [2.05, 4.69) is 10.4 Å². The maximum atomic E-state index is 12.7. The van der Waals surface area contributed by atoms with Gasteiger partial charge in [-0.1, -0.05) is 42.1 Å². The normalized spacial score (nSPS) is 15.1. The van der Waals surface area contributed by atoms with Crippen LogP contribution in [0.1, 0.15) is 18.2 Å². The van der Waals surface area contributed by atoms with Gasteiger partial charge in [-0.3, -0.25) is 9.69 Å². The standard InChI is InChI=1S/C20H21N5O2S/c1-12-11-13(2)23-25-17(12)16(15-7-5-4-6-8-15)22-20(25)28-14(3)18(26)24-10-9-21-19(24)27/h4-8,11,14H,9-10H2,1-3H3,(H,21,27)/t14-/m0/s1. The number of hydrogen-bond acceptors (Lipinski definition) is 5. The van der Waals surface area contributed by atoms with Gasteiger partial charge < -0.3 is 5.32 Å². The zero-order valence-electron chi connectivity index (χ0n) is 16.0. The Morgan fingerprint density at radius 1 is 1.25 bits per heavy atom. The fraction of sp³-hybridized carbons (Fsp3) is 0.300. The number of nitrogens with zero attached hydrogens (tertiary/aromatic N) is 4. The third kappa shape index (κ3) is 3.24. The number of thioether (sulfide) groups is 1. The molecule has 144 valence electrons. The predicted molar refractivity (Wildman–Crippen MR) is 108 cm³/mol. The summed E-state index contributed by atoms with van der Waals surface area (Å²) in [6.45, 7) is 6.66. The zero-order chi connectivity index (χ0) is 19.8. The first kappa shape index (κ1) is 18.5. The van der Waals surface area contributed by atoms with Gasteiger partial charge >= 0.3 is 6.03 Å². The molecule has 3 amide bonds. The molecule has 3 aromatic rings. The molecule has 0 saturated carbocycles. The van der Waals surface area contributed by atoms with Gasteiger partial charge in [0.15, 0.2) is 5.16 Å². The van der Waals surface area contributed by atoms with E-state index in [-0.39, 0.29) is 11.9 Å². The Morgan fingerprint density at radius 3 is 2.68 bits per heavy atom. The van der Waals surface area contributed by atoms with Gasteiger partial charge in [0.1, 0.15) is 0 Å². The van der Waals surface area contributed by atoms with Crippen molar-refractivity contribution in [2.75, 3.05) is 13.1 Å². The third-order valence-corrected chi connectivity index (χ3v) is 5.71. The smallest absolute Gasteiger partial charge is 0.324 e. The third-order valence-electron chi connectivity index (χ3n) is 4.68. The molecule has 1 aliphatic heterocycles. The molecule has 0 aliphatic carbocycles. The van der Waals surface area contributed by atoms with E-state index in [1.165, 1.54) is 16.7 Å². The summed E-state index contributed by atoms with van der Waals surface area (Å²) in [7, 11) is 0. The van der Waals surface area contributed by atoms with Crippen LogP contribution in [0.4, 0.5) is 4.79 Å². The number of aryl methyl sites for hydroxylation is 2. The molecule has 0 bridgehead atoms. The number of carbonyl (C=O) groups excluding carboxylic acids is 2. The van der Waals surface area contributed by atoms with Gasteiger partial charge in [-0.15, -0.1) is 0 Å². The number of benzene rings is 1. The van der Waals surface area contributed by atoms with Crippen molar-refractivity contribution in [3.05, 3.63) is 47.7 Å². The zero-order valence-corrected chi connectivity index (χ0v) is 16.8. The van der Waals surface area contributed by atoms with E-state index in [1.54, 1.807) is 6.92 Å². The minimum atomic E-state index is -0.458. The summed E-state index contributed by atoms with van der Waals surface area (Å²) in [6.07, 6.45) is 0. The lowest BCUT2D eigenvalue weighted by molar-refractivity contribution is -0.126. The second-order valence-electron chi connectivity index (χ2n) is 6.82. The topological polar surface area (TPSA) is 79.6 Å². The fourth-order valence-corrected chi connectivity index (χ4v) is 4.31. The van der Waals surface area contributed by atoms with Crippen LogP contribution in [0.15, 0.2) is 41.6 Å². The van der Waals surface area contributed by atoms with E-state index in [4.69, 9.17) is 4.98 Å². The molecule has 0 unspecified atom stereocenters. The van der Waals surface area contributed by atoms with Crippen molar-refractivity contribution in [2.24, 2.45) is 0 Å². The number of fused-ring (bicyclic) bond motifs is 1. The fourth-order valence-electron chi connectivity index (χ4n) is 3.39. The molecular weight excluding hydrogens is 374 g/mol. The first-order valence-electron chi connectivity index (χ1n) is 9.14. The summed E-state index contributed by atoms with van der Waals surface area (Å²) in [5, 5.41) is 7.48. The summed E-state index contributed by atoms with van der Waals surface area (Å²) in [4.78, 5) is 30.6. The maximum Gasteiger partial charge on any atom is 0.324 e. The minimum Gasteiger partial charge on any atom is -0.336 e. The quantitative estimate of drug-likeness (QED) is 0.687. The van der Waals surface area contributed by atoms with Crippen LogP contribution in [0.3, 0.4) is 0 Å².